The van der Waals surface area contributed by atoms with Crippen molar-refractivity contribution in [3.05, 3.63) is 41.5 Å². The summed E-state index contributed by atoms with van der Waals surface area (Å²) in [6.45, 7) is 24.0. The molecule has 9 atom stereocenters. The lowest BCUT2D eigenvalue weighted by Crippen LogP contribution is -2.83. The number of rotatable bonds is 5. The third-order valence-electron chi connectivity index (χ3n) is 17.5. The predicted octanol–water partition coefficient (Wildman–Crippen LogP) is 8.83. The molecule has 0 aliphatic heterocycles. The molecule has 0 N–H and O–H groups in total. The van der Waals surface area contributed by atoms with E-state index >= 15 is 0 Å². The fraction of sp³-hybridized carbons (Fsp3) is 0.769. The van der Waals surface area contributed by atoms with Crippen LogP contribution in [0.15, 0.2) is 30.3 Å². The number of carbonyl (C=O) groups is 1. The molecular weight excluding hydrogens is 500 g/mol. The summed E-state index contributed by atoms with van der Waals surface area (Å²) in [7, 11) is 0. The molecule has 0 saturated heterocycles. The van der Waals surface area contributed by atoms with Crippen molar-refractivity contribution in [2.75, 3.05) is 0 Å². The molecule has 2 nitrogen and oxygen atoms in total. The highest BCUT2D eigenvalue weighted by Gasteiger charge is 2.85. The fourth-order valence-corrected chi connectivity index (χ4v) is 15.1. The minimum atomic E-state index is -1.11. The van der Waals surface area contributed by atoms with E-state index in [-0.39, 0.29) is 21.7 Å². The maximum absolute atomic E-state index is 11.6. The molecule has 0 aromatic heterocycles. The fourth-order valence-electron chi connectivity index (χ4n) is 15.1. The van der Waals surface area contributed by atoms with E-state index in [9.17, 15) is 9.90 Å². The lowest BCUT2D eigenvalue weighted by molar-refractivity contribution is -0.391. The van der Waals surface area contributed by atoms with Gasteiger partial charge in [-0.05, 0) is 137 Å². The number of fused-ring (bicyclic) bond motifs is 7. The molecule has 0 amide bonds. The Hall–Kier alpha value is -1.57. The summed E-state index contributed by atoms with van der Waals surface area (Å²) in [6, 6.07) is 8.82. The number of hydrogen-bond acceptors (Lipinski definition) is 2. The second kappa shape index (κ2) is 7.92. The molecule has 9 aliphatic rings. The minimum Gasteiger partial charge on any atom is -0.545 e. The lowest BCUT2D eigenvalue weighted by atomic mass is 9.15. The standard InChI is InChI=1S/C39H56O2/c1-32(2)26-16-19-35(7,30(32)22-26)39-24-28(34(39,5)6)18-21-37(39,9)36(8)20-17-27-23-38(36,33(27,3)4)29-13-11-10-12-25(29)14-15-31(40)41/h10-15,26-28,30H,16-24H2,1-9H3,(H,40,41)/p-1. The van der Waals surface area contributed by atoms with Crippen LogP contribution in [0.5, 0.6) is 0 Å². The smallest absolute Gasteiger partial charge is 0.0643 e. The first-order valence-corrected chi connectivity index (χ1v) is 17.0. The van der Waals surface area contributed by atoms with Crippen molar-refractivity contribution < 1.29 is 9.90 Å². The highest BCUT2D eigenvalue weighted by atomic mass is 16.4. The average molecular weight is 556 g/mol. The van der Waals surface area contributed by atoms with Crippen molar-refractivity contribution in [1.29, 1.82) is 0 Å². The van der Waals surface area contributed by atoms with Gasteiger partial charge in [-0.15, -0.1) is 0 Å². The normalized spacial score (nSPS) is 49.9. The van der Waals surface area contributed by atoms with Crippen LogP contribution in [0.25, 0.3) is 6.08 Å². The largest absolute Gasteiger partial charge is 0.545 e. The van der Waals surface area contributed by atoms with E-state index in [4.69, 9.17) is 0 Å². The minimum absolute atomic E-state index is 0.0126. The summed E-state index contributed by atoms with van der Waals surface area (Å²) in [6.07, 6.45) is 15.3. The molecule has 10 rings (SSSR count). The van der Waals surface area contributed by atoms with E-state index in [0.717, 1.165) is 29.2 Å². The Kier molecular flexibility index (Phi) is 5.45. The van der Waals surface area contributed by atoms with Gasteiger partial charge in [-0.2, -0.15) is 0 Å². The Morgan fingerprint density at radius 3 is 1.98 bits per heavy atom. The Morgan fingerprint density at radius 2 is 1.39 bits per heavy atom. The summed E-state index contributed by atoms with van der Waals surface area (Å²) in [5, 5.41) is 11.6. The van der Waals surface area contributed by atoms with Crippen LogP contribution in [0, 0.1) is 61.6 Å². The molecule has 9 aliphatic carbocycles. The molecule has 1 aromatic carbocycles. The number of benzene rings is 1. The molecular formula is C39H55O2-. The Labute approximate surface area is 250 Å². The van der Waals surface area contributed by atoms with Crippen molar-refractivity contribution in [2.45, 2.75) is 126 Å². The van der Waals surface area contributed by atoms with Gasteiger partial charge >= 0.3 is 0 Å². The van der Waals surface area contributed by atoms with Crippen LogP contribution in [0.1, 0.15) is 131 Å². The summed E-state index contributed by atoms with van der Waals surface area (Å²) in [5.74, 6) is 2.19. The van der Waals surface area contributed by atoms with E-state index in [1.165, 1.54) is 69.4 Å². The van der Waals surface area contributed by atoms with Gasteiger partial charge in [-0.3, -0.25) is 0 Å². The van der Waals surface area contributed by atoms with Crippen LogP contribution >= 0.6 is 0 Å². The molecule has 41 heavy (non-hydrogen) atoms. The van der Waals surface area contributed by atoms with Crippen LogP contribution in [0.3, 0.4) is 0 Å². The third-order valence-corrected chi connectivity index (χ3v) is 17.5. The van der Waals surface area contributed by atoms with Crippen LogP contribution in [-0.2, 0) is 10.2 Å². The van der Waals surface area contributed by atoms with Gasteiger partial charge in [-0.25, -0.2) is 0 Å². The predicted molar refractivity (Wildman–Crippen MR) is 166 cm³/mol. The molecule has 9 unspecified atom stereocenters. The van der Waals surface area contributed by atoms with Gasteiger partial charge in [-0.1, -0.05) is 92.7 Å². The van der Waals surface area contributed by atoms with Crippen LogP contribution < -0.4 is 5.11 Å². The third kappa shape index (κ3) is 2.74. The van der Waals surface area contributed by atoms with Crippen molar-refractivity contribution in [1.82, 2.24) is 0 Å². The molecule has 2 heteroatoms. The zero-order chi connectivity index (χ0) is 29.6. The first-order valence-electron chi connectivity index (χ1n) is 17.0. The molecule has 6 bridgehead atoms. The van der Waals surface area contributed by atoms with Gasteiger partial charge in [0.15, 0.2) is 0 Å². The SMILES string of the molecule is CC1(C)C2CCC(C)(C34CC(CCC3(C)C3(C)CCC5CC3(c3ccccc3C=CC(=O)[O-])C5(C)C)C4(C)C)C1C2. The van der Waals surface area contributed by atoms with Crippen LogP contribution in [-0.4, -0.2) is 5.97 Å². The number of carboxylic acids is 1. The summed E-state index contributed by atoms with van der Waals surface area (Å²) in [5.41, 5.74) is 4.40. The number of carbonyl (C=O) groups excluding carboxylic acids is 1. The second-order valence-electron chi connectivity index (χ2n) is 18.3. The Balaban J connectivity index is 1.47. The topological polar surface area (TPSA) is 40.1 Å². The first kappa shape index (κ1) is 28.2. The zero-order valence-corrected chi connectivity index (χ0v) is 27.5. The number of hydrogen-bond donors (Lipinski definition) is 0. The van der Waals surface area contributed by atoms with Crippen LogP contribution in [0.4, 0.5) is 0 Å². The highest BCUT2D eigenvalue weighted by molar-refractivity contribution is 5.84. The van der Waals surface area contributed by atoms with E-state index in [1.807, 2.05) is 6.08 Å². The molecule has 1 aromatic rings. The maximum Gasteiger partial charge on any atom is 0.0643 e. The van der Waals surface area contributed by atoms with Gasteiger partial charge in [0.2, 0.25) is 0 Å². The van der Waals surface area contributed by atoms with Crippen molar-refractivity contribution in [3.8, 4) is 0 Å². The van der Waals surface area contributed by atoms with E-state index < -0.39 is 5.97 Å². The Bertz CT molecular complexity index is 1330. The maximum atomic E-state index is 11.6. The average Bonchev–Trinajstić information content (AvgIpc) is 2.91. The zero-order valence-electron chi connectivity index (χ0n) is 27.5. The molecule has 0 heterocycles. The van der Waals surface area contributed by atoms with Crippen LogP contribution in [0.2, 0.25) is 0 Å². The van der Waals surface area contributed by atoms with Gasteiger partial charge in [0.1, 0.15) is 0 Å². The monoisotopic (exact) mass is 555 g/mol. The van der Waals surface area contributed by atoms with E-state index in [1.54, 1.807) is 0 Å². The highest BCUT2D eigenvalue weighted by Crippen LogP contribution is 2.91. The second-order valence-corrected chi connectivity index (χ2v) is 18.3. The molecule has 224 valence electrons. The summed E-state index contributed by atoms with van der Waals surface area (Å²) in [4.78, 5) is 11.6. The molecule has 9 saturated carbocycles. The van der Waals surface area contributed by atoms with Gasteiger partial charge in [0.25, 0.3) is 0 Å². The van der Waals surface area contributed by atoms with Crippen molar-refractivity contribution >= 4 is 12.0 Å². The van der Waals surface area contributed by atoms with Crippen molar-refractivity contribution in [3.63, 3.8) is 0 Å². The van der Waals surface area contributed by atoms with Crippen molar-refractivity contribution in [2.24, 2.45) is 61.6 Å². The number of aliphatic carboxylic acids is 1. The Morgan fingerprint density at radius 1 is 0.780 bits per heavy atom. The van der Waals surface area contributed by atoms with E-state index in [0.29, 0.717) is 21.7 Å². The van der Waals surface area contributed by atoms with E-state index in [2.05, 4.69) is 86.6 Å². The first-order chi connectivity index (χ1) is 19.0. The summed E-state index contributed by atoms with van der Waals surface area (Å²) >= 11 is 0. The van der Waals surface area contributed by atoms with Gasteiger partial charge in [0, 0.05) is 5.41 Å². The molecule has 9 fully saturated rings. The van der Waals surface area contributed by atoms with Gasteiger partial charge in [0.05, 0.1) is 5.97 Å². The molecule has 0 radical (unpaired) electrons. The van der Waals surface area contributed by atoms with Gasteiger partial charge < -0.3 is 9.90 Å². The quantitative estimate of drug-likeness (QED) is 0.341. The lowest BCUT2D eigenvalue weighted by Gasteiger charge is -2.88. The number of carboxylic acid groups (broad SMARTS) is 1. The summed E-state index contributed by atoms with van der Waals surface area (Å²) < 4.78 is 0. The molecule has 0 spiro atoms.